The molecule has 0 radical (unpaired) electrons. The molecular weight excluding hydrogens is 320 g/mol. The Balaban J connectivity index is 1.41. The molecule has 26 heavy (non-hydrogen) atoms. The number of carbonyl (C=O) groups is 1. The first-order chi connectivity index (χ1) is 12.5. The predicted molar refractivity (Wildman–Crippen MR) is 104 cm³/mol. The number of amides is 1. The molecule has 1 aromatic heterocycles. The predicted octanol–water partition coefficient (Wildman–Crippen LogP) is 4.29. The van der Waals surface area contributed by atoms with Gasteiger partial charge in [0.25, 0.3) is 0 Å². The van der Waals surface area contributed by atoms with Crippen LogP contribution >= 0.6 is 0 Å². The third-order valence-corrected chi connectivity index (χ3v) is 6.35. The first kappa shape index (κ1) is 17.3. The second kappa shape index (κ2) is 6.86. The fourth-order valence-corrected chi connectivity index (χ4v) is 4.59. The molecule has 136 valence electrons. The number of pyridine rings is 1. The van der Waals surface area contributed by atoms with Crippen LogP contribution in [-0.4, -0.2) is 28.9 Å². The smallest absolute Gasteiger partial charge is 0.228 e. The van der Waals surface area contributed by atoms with E-state index in [0.717, 1.165) is 50.9 Å². The highest BCUT2D eigenvalue weighted by atomic mass is 16.2. The molecule has 1 saturated heterocycles. The van der Waals surface area contributed by atoms with E-state index in [-0.39, 0.29) is 5.41 Å². The number of nitrogens with zero attached hydrogens (tertiary/aromatic N) is 2. The lowest BCUT2D eigenvalue weighted by atomic mass is 9.71. The summed E-state index contributed by atoms with van der Waals surface area (Å²) in [5.74, 6) is 0.888. The van der Waals surface area contributed by atoms with Crippen LogP contribution in [0.2, 0.25) is 0 Å². The zero-order valence-electron chi connectivity index (χ0n) is 15.9. The molecule has 1 fully saturated rings. The standard InChI is InChI=1S/C23H28N2O/c1-17-7-8-21(16-24-17)19-10-13-25(14-11-19)22(26)23(2)12-9-18-5-3-4-6-20(18)15-23/h3-8,16,19H,9-15H2,1-2H3. The van der Waals surface area contributed by atoms with Gasteiger partial charge in [-0.3, -0.25) is 9.78 Å². The number of hydrogen-bond acceptors (Lipinski definition) is 2. The van der Waals surface area contributed by atoms with Crippen molar-refractivity contribution in [2.75, 3.05) is 13.1 Å². The fourth-order valence-electron chi connectivity index (χ4n) is 4.59. The highest BCUT2D eigenvalue weighted by Gasteiger charge is 2.40. The number of aromatic nitrogens is 1. The van der Waals surface area contributed by atoms with E-state index in [1.165, 1.54) is 16.7 Å². The summed E-state index contributed by atoms with van der Waals surface area (Å²) < 4.78 is 0. The minimum Gasteiger partial charge on any atom is -0.342 e. The van der Waals surface area contributed by atoms with Crippen LogP contribution in [0, 0.1) is 12.3 Å². The molecule has 0 N–H and O–H groups in total. The van der Waals surface area contributed by atoms with Gasteiger partial charge in [0.1, 0.15) is 0 Å². The van der Waals surface area contributed by atoms with Crippen LogP contribution in [-0.2, 0) is 17.6 Å². The highest BCUT2D eigenvalue weighted by Crippen LogP contribution is 2.38. The van der Waals surface area contributed by atoms with Crippen molar-refractivity contribution in [3.63, 3.8) is 0 Å². The monoisotopic (exact) mass is 348 g/mol. The summed E-state index contributed by atoms with van der Waals surface area (Å²) in [7, 11) is 0. The van der Waals surface area contributed by atoms with Gasteiger partial charge in [-0.05, 0) is 67.7 Å². The average Bonchev–Trinajstić information content (AvgIpc) is 2.68. The van der Waals surface area contributed by atoms with Gasteiger partial charge < -0.3 is 4.90 Å². The largest absolute Gasteiger partial charge is 0.342 e. The molecule has 1 aliphatic carbocycles. The quantitative estimate of drug-likeness (QED) is 0.811. The molecule has 2 heterocycles. The lowest BCUT2D eigenvalue weighted by Gasteiger charge is -2.40. The minimum absolute atomic E-state index is 0.243. The molecule has 0 spiro atoms. The van der Waals surface area contributed by atoms with Gasteiger partial charge in [-0.15, -0.1) is 0 Å². The van der Waals surface area contributed by atoms with Crippen molar-refractivity contribution >= 4 is 5.91 Å². The van der Waals surface area contributed by atoms with E-state index in [2.05, 4.69) is 53.2 Å². The van der Waals surface area contributed by atoms with Crippen LogP contribution in [0.4, 0.5) is 0 Å². The Hall–Kier alpha value is -2.16. The third kappa shape index (κ3) is 3.27. The molecule has 1 atom stereocenters. The van der Waals surface area contributed by atoms with E-state index in [4.69, 9.17) is 0 Å². The van der Waals surface area contributed by atoms with Gasteiger partial charge in [-0.1, -0.05) is 37.3 Å². The van der Waals surface area contributed by atoms with Crippen molar-refractivity contribution in [1.82, 2.24) is 9.88 Å². The van der Waals surface area contributed by atoms with Gasteiger partial charge in [0, 0.05) is 25.0 Å². The SMILES string of the molecule is Cc1ccc(C2CCN(C(=O)C3(C)CCc4ccccc4C3)CC2)cn1. The van der Waals surface area contributed by atoms with Crippen LogP contribution < -0.4 is 0 Å². The summed E-state index contributed by atoms with van der Waals surface area (Å²) in [6.07, 6.45) is 6.96. The maximum Gasteiger partial charge on any atom is 0.228 e. The zero-order chi connectivity index (χ0) is 18.1. The molecule has 0 bridgehead atoms. The van der Waals surface area contributed by atoms with Crippen molar-refractivity contribution in [3.8, 4) is 0 Å². The molecule has 1 aliphatic heterocycles. The number of likely N-dealkylation sites (tertiary alicyclic amines) is 1. The van der Waals surface area contributed by atoms with Crippen LogP contribution in [0.25, 0.3) is 0 Å². The highest BCUT2D eigenvalue weighted by molar-refractivity contribution is 5.83. The van der Waals surface area contributed by atoms with Crippen molar-refractivity contribution in [2.45, 2.75) is 51.9 Å². The summed E-state index contributed by atoms with van der Waals surface area (Å²) in [6.45, 7) is 5.93. The van der Waals surface area contributed by atoms with Crippen molar-refractivity contribution in [1.29, 1.82) is 0 Å². The van der Waals surface area contributed by atoms with E-state index in [1.54, 1.807) is 0 Å². The van der Waals surface area contributed by atoms with Gasteiger partial charge in [0.15, 0.2) is 0 Å². The summed E-state index contributed by atoms with van der Waals surface area (Å²) in [5.41, 5.74) is 4.91. The Kier molecular flexibility index (Phi) is 4.56. The van der Waals surface area contributed by atoms with Crippen LogP contribution in [0.3, 0.4) is 0 Å². The second-order valence-corrected chi connectivity index (χ2v) is 8.31. The Morgan fingerprint density at radius 2 is 1.85 bits per heavy atom. The topological polar surface area (TPSA) is 33.2 Å². The summed E-state index contributed by atoms with van der Waals surface area (Å²) >= 11 is 0. The normalized spacial score (nSPS) is 23.5. The first-order valence-electron chi connectivity index (χ1n) is 9.84. The molecular formula is C23H28N2O. The van der Waals surface area contributed by atoms with Gasteiger partial charge in [0.05, 0.1) is 5.41 Å². The van der Waals surface area contributed by atoms with E-state index >= 15 is 0 Å². The molecule has 0 saturated carbocycles. The Morgan fingerprint density at radius 1 is 1.12 bits per heavy atom. The van der Waals surface area contributed by atoms with Crippen LogP contribution in [0.1, 0.15) is 54.5 Å². The number of hydrogen-bond donors (Lipinski definition) is 0. The zero-order valence-corrected chi connectivity index (χ0v) is 15.9. The molecule has 3 nitrogen and oxygen atoms in total. The van der Waals surface area contributed by atoms with Gasteiger partial charge in [0.2, 0.25) is 5.91 Å². The Labute approximate surface area is 156 Å². The molecule has 1 amide bonds. The van der Waals surface area contributed by atoms with Crippen LogP contribution in [0.5, 0.6) is 0 Å². The fraction of sp³-hybridized carbons (Fsp3) is 0.478. The summed E-state index contributed by atoms with van der Waals surface area (Å²) in [4.78, 5) is 19.8. The Morgan fingerprint density at radius 3 is 2.54 bits per heavy atom. The number of carbonyl (C=O) groups excluding carboxylic acids is 1. The minimum atomic E-state index is -0.243. The molecule has 1 unspecified atom stereocenters. The lowest BCUT2D eigenvalue weighted by Crippen LogP contribution is -2.48. The molecule has 2 aliphatic rings. The van der Waals surface area contributed by atoms with Gasteiger partial charge >= 0.3 is 0 Å². The second-order valence-electron chi connectivity index (χ2n) is 8.31. The maximum atomic E-state index is 13.3. The van der Waals surface area contributed by atoms with Crippen molar-refractivity contribution in [2.24, 2.45) is 5.41 Å². The van der Waals surface area contributed by atoms with E-state index < -0.39 is 0 Å². The Bertz CT molecular complexity index is 790. The third-order valence-electron chi connectivity index (χ3n) is 6.35. The van der Waals surface area contributed by atoms with Crippen LogP contribution in [0.15, 0.2) is 42.6 Å². The van der Waals surface area contributed by atoms with E-state index in [9.17, 15) is 4.79 Å². The van der Waals surface area contributed by atoms with E-state index in [0.29, 0.717) is 11.8 Å². The lowest BCUT2D eigenvalue weighted by molar-refractivity contribution is -0.143. The molecule has 2 aromatic rings. The van der Waals surface area contributed by atoms with Gasteiger partial charge in [-0.2, -0.15) is 0 Å². The summed E-state index contributed by atoms with van der Waals surface area (Å²) in [6, 6.07) is 12.9. The average molecular weight is 348 g/mol. The van der Waals surface area contributed by atoms with Gasteiger partial charge in [-0.25, -0.2) is 0 Å². The molecule has 4 rings (SSSR count). The molecule has 3 heteroatoms. The summed E-state index contributed by atoms with van der Waals surface area (Å²) in [5, 5.41) is 0. The van der Waals surface area contributed by atoms with Crippen molar-refractivity contribution in [3.05, 3.63) is 65.0 Å². The number of aryl methyl sites for hydroxylation is 2. The number of fused-ring (bicyclic) bond motifs is 1. The maximum absolute atomic E-state index is 13.3. The molecule has 1 aromatic carbocycles. The first-order valence-corrected chi connectivity index (χ1v) is 9.84. The number of rotatable bonds is 2. The van der Waals surface area contributed by atoms with Crippen molar-refractivity contribution < 1.29 is 4.79 Å². The number of benzene rings is 1. The number of piperidine rings is 1. The van der Waals surface area contributed by atoms with E-state index in [1.807, 2.05) is 13.1 Å².